The van der Waals surface area contributed by atoms with Crippen LogP contribution in [0.4, 0.5) is 0 Å². The molecule has 2 N–H and O–H groups in total. The van der Waals surface area contributed by atoms with Crippen molar-refractivity contribution in [1.82, 2.24) is 9.71 Å². The van der Waals surface area contributed by atoms with Crippen molar-refractivity contribution in [2.45, 2.75) is 44.6 Å². The van der Waals surface area contributed by atoms with Crippen molar-refractivity contribution in [2.24, 2.45) is 0 Å². The number of aliphatic hydroxyl groups excluding tert-OH is 1. The molecule has 2 atom stereocenters. The maximum Gasteiger partial charge on any atom is 0.376 e. The van der Waals surface area contributed by atoms with Crippen molar-refractivity contribution in [2.75, 3.05) is 26.7 Å². The average Bonchev–Trinajstić information content (AvgIpc) is 2.29. The van der Waals surface area contributed by atoms with E-state index in [1.165, 1.54) is 13.0 Å². The van der Waals surface area contributed by atoms with Crippen molar-refractivity contribution in [1.29, 1.82) is 0 Å². The molecule has 0 aromatic rings. The zero-order valence-electron chi connectivity index (χ0n) is 11.5. The molecular weight excluding hydrogens is 231 g/mol. The summed E-state index contributed by atoms with van der Waals surface area (Å²) in [6, 6.07) is 0.984. The van der Waals surface area contributed by atoms with Gasteiger partial charge < -0.3 is 24.6 Å². The fourth-order valence-corrected chi connectivity index (χ4v) is 2.39. The van der Waals surface area contributed by atoms with Gasteiger partial charge in [-0.05, 0) is 46.2 Å². The minimum atomic E-state index is -0.342. The highest BCUT2D eigenvalue weighted by Gasteiger charge is 2.32. The lowest BCUT2D eigenvalue weighted by atomic mass is 9.77. The molecule has 0 amide bonds. The summed E-state index contributed by atoms with van der Waals surface area (Å²) in [5.41, 5.74) is 0. The molecule has 0 saturated carbocycles. The predicted octanol–water partition coefficient (Wildman–Crippen LogP) is -0.167. The van der Waals surface area contributed by atoms with Gasteiger partial charge >= 0.3 is 7.05 Å². The van der Waals surface area contributed by atoms with Gasteiger partial charge in [0.2, 0.25) is 0 Å². The smallest absolute Gasteiger partial charge is 0.376 e. The van der Waals surface area contributed by atoms with E-state index in [9.17, 15) is 4.79 Å². The Balaban J connectivity index is 0.000000184. The van der Waals surface area contributed by atoms with Crippen LogP contribution in [0.3, 0.4) is 0 Å². The van der Waals surface area contributed by atoms with Crippen LogP contribution in [0.25, 0.3) is 0 Å². The maximum atomic E-state index is 9.93. The lowest BCUT2D eigenvalue weighted by molar-refractivity contribution is -0.109. The summed E-state index contributed by atoms with van der Waals surface area (Å²) in [7, 11) is 1.71. The number of carbonyl (C=O) groups excluding carboxylic acids is 1. The average molecular weight is 256 g/mol. The molecule has 104 valence electrons. The molecule has 0 unspecified atom stereocenters. The first kappa shape index (κ1) is 15.6. The van der Waals surface area contributed by atoms with Gasteiger partial charge in [-0.1, -0.05) is 0 Å². The molecule has 2 heterocycles. The van der Waals surface area contributed by atoms with E-state index in [1.807, 2.05) is 4.81 Å². The zero-order valence-corrected chi connectivity index (χ0v) is 11.5. The summed E-state index contributed by atoms with van der Waals surface area (Å²) in [6.45, 7) is 4.14. The Hall–Kier alpha value is -0.425. The SMILES string of the molecule is CB(O)N1CC[C@@H]1CCO.CN1CC[C@@H]1CC=O. The maximum absolute atomic E-state index is 9.93. The van der Waals surface area contributed by atoms with E-state index in [-0.39, 0.29) is 13.7 Å². The summed E-state index contributed by atoms with van der Waals surface area (Å²) < 4.78 is 0. The number of hydrogen-bond acceptors (Lipinski definition) is 5. The van der Waals surface area contributed by atoms with E-state index in [1.54, 1.807) is 6.82 Å². The number of hydrogen-bond donors (Lipinski definition) is 2. The minimum Gasteiger partial charge on any atom is -0.437 e. The number of aliphatic hydroxyl groups is 1. The molecule has 2 rings (SSSR count). The predicted molar refractivity (Wildman–Crippen MR) is 72.4 cm³/mol. The van der Waals surface area contributed by atoms with Crippen LogP contribution in [0.1, 0.15) is 25.7 Å². The van der Waals surface area contributed by atoms with Gasteiger partial charge in [-0.2, -0.15) is 0 Å². The minimum absolute atomic E-state index is 0.230. The van der Waals surface area contributed by atoms with Crippen LogP contribution in [0.5, 0.6) is 0 Å². The van der Waals surface area contributed by atoms with E-state index in [4.69, 9.17) is 10.1 Å². The third-order valence-corrected chi connectivity index (χ3v) is 3.94. The molecule has 0 aromatic heterocycles. The Morgan fingerprint density at radius 1 is 1.33 bits per heavy atom. The lowest BCUT2D eigenvalue weighted by Crippen LogP contribution is -2.54. The molecule has 18 heavy (non-hydrogen) atoms. The Morgan fingerprint density at radius 2 is 2.00 bits per heavy atom. The van der Waals surface area contributed by atoms with Crippen molar-refractivity contribution < 1.29 is 14.9 Å². The Morgan fingerprint density at radius 3 is 2.22 bits per heavy atom. The molecule has 2 fully saturated rings. The molecule has 0 spiro atoms. The molecular formula is C12H25BN2O3. The molecule has 0 bridgehead atoms. The van der Waals surface area contributed by atoms with Crippen LogP contribution in [-0.4, -0.2) is 72.0 Å². The number of carbonyl (C=O) groups is 1. The Kier molecular flexibility index (Phi) is 6.85. The molecule has 6 heteroatoms. The van der Waals surface area contributed by atoms with Gasteiger partial charge in [0.25, 0.3) is 0 Å². The lowest BCUT2D eigenvalue weighted by Gasteiger charge is -2.41. The Labute approximate surface area is 110 Å². The van der Waals surface area contributed by atoms with Gasteiger partial charge in [0.1, 0.15) is 6.29 Å². The highest BCUT2D eigenvalue weighted by molar-refractivity contribution is 6.45. The monoisotopic (exact) mass is 256 g/mol. The zero-order chi connectivity index (χ0) is 13.5. The molecule has 0 radical (unpaired) electrons. The first-order chi connectivity index (χ1) is 8.60. The largest absolute Gasteiger partial charge is 0.437 e. The van der Waals surface area contributed by atoms with Gasteiger partial charge in [0.15, 0.2) is 0 Å². The summed E-state index contributed by atoms with van der Waals surface area (Å²) in [6.07, 6.45) is 4.84. The van der Waals surface area contributed by atoms with Crippen LogP contribution >= 0.6 is 0 Å². The highest BCUT2D eigenvalue weighted by atomic mass is 16.3. The van der Waals surface area contributed by atoms with Crippen molar-refractivity contribution >= 4 is 13.3 Å². The summed E-state index contributed by atoms with van der Waals surface area (Å²) in [4.78, 5) is 14.1. The number of aldehydes is 1. The van der Waals surface area contributed by atoms with Crippen LogP contribution in [0.15, 0.2) is 0 Å². The van der Waals surface area contributed by atoms with Gasteiger partial charge in [0, 0.05) is 25.1 Å². The quantitative estimate of drug-likeness (QED) is 0.528. The molecule has 2 aliphatic heterocycles. The van der Waals surface area contributed by atoms with Gasteiger partial charge in [0.05, 0.1) is 0 Å². The first-order valence-corrected chi connectivity index (χ1v) is 6.78. The second-order valence-electron chi connectivity index (χ2n) is 5.15. The van der Waals surface area contributed by atoms with E-state index >= 15 is 0 Å². The fraction of sp³-hybridized carbons (Fsp3) is 0.917. The summed E-state index contributed by atoms with van der Waals surface area (Å²) in [5.74, 6) is 0. The van der Waals surface area contributed by atoms with Crippen molar-refractivity contribution in [3.05, 3.63) is 0 Å². The van der Waals surface area contributed by atoms with Gasteiger partial charge in [-0.25, -0.2) is 0 Å². The fourth-order valence-electron chi connectivity index (χ4n) is 2.39. The van der Waals surface area contributed by atoms with E-state index < -0.39 is 0 Å². The molecule has 0 aliphatic carbocycles. The van der Waals surface area contributed by atoms with Crippen LogP contribution in [0.2, 0.25) is 6.82 Å². The number of nitrogens with zero attached hydrogens (tertiary/aromatic N) is 2. The van der Waals surface area contributed by atoms with E-state index in [0.29, 0.717) is 12.1 Å². The second-order valence-corrected chi connectivity index (χ2v) is 5.15. The third-order valence-electron chi connectivity index (χ3n) is 3.94. The summed E-state index contributed by atoms with van der Waals surface area (Å²) in [5, 5.41) is 17.7. The van der Waals surface area contributed by atoms with Crippen LogP contribution in [0, 0.1) is 0 Å². The normalized spacial score (nSPS) is 27.6. The number of rotatable bonds is 5. The van der Waals surface area contributed by atoms with E-state index in [0.717, 1.165) is 32.1 Å². The Bertz CT molecular complexity index is 253. The van der Waals surface area contributed by atoms with Gasteiger partial charge in [-0.15, -0.1) is 0 Å². The number of likely N-dealkylation sites (tertiary alicyclic amines) is 1. The van der Waals surface area contributed by atoms with E-state index in [2.05, 4.69) is 11.9 Å². The summed E-state index contributed by atoms with van der Waals surface area (Å²) >= 11 is 0. The van der Waals surface area contributed by atoms with Crippen LogP contribution in [-0.2, 0) is 4.79 Å². The van der Waals surface area contributed by atoms with Crippen molar-refractivity contribution in [3.8, 4) is 0 Å². The molecule has 5 nitrogen and oxygen atoms in total. The highest BCUT2D eigenvalue weighted by Crippen LogP contribution is 2.20. The van der Waals surface area contributed by atoms with Crippen LogP contribution < -0.4 is 0 Å². The molecule has 0 aromatic carbocycles. The standard InChI is InChI=1S/C6H14BNO2.C6H11NO/c1-7(10)8-4-2-6(8)3-5-9;1-7-4-2-6(7)3-5-8/h6,9-10H,2-5H2,1H3;5-6H,2-4H2,1H3/t2*6-/m11/s1. The third kappa shape index (κ3) is 4.35. The molecule has 2 aliphatic rings. The second kappa shape index (κ2) is 7.89. The van der Waals surface area contributed by atoms with Gasteiger partial charge in [-0.3, -0.25) is 0 Å². The topological polar surface area (TPSA) is 64.0 Å². The first-order valence-electron chi connectivity index (χ1n) is 6.78. The molecule has 2 saturated heterocycles. The van der Waals surface area contributed by atoms with Crippen molar-refractivity contribution in [3.63, 3.8) is 0 Å².